The lowest BCUT2D eigenvalue weighted by Crippen LogP contribution is -2.36. The lowest BCUT2D eigenvalue weighted by atomic mass is 10.1. The van der Waals surface area contributed by atoms with E-state index in [1.54, 1.807) is 6.08 Å². The molecule has 172 valence electrons. The number of hydrogen-bond donors (Lipinski definition) is 1. The molecule has 0 radical (unpaired) electrons. The maximum absolute atomic E-state index is 10.5. The zero-order valence-corrected chi connectivity index (χ0v) is 19.8. The first kappa shape index (κ1) is 25.1. The summed E-state index contributed by atoms with van der Waals surface area (Å²) in [4.78, 5) is 4.39. The first-order valence-electron chi connectivity index (χ1n) is 11.2. The predicted molar refractivity (Wildman–Crippen MR) is 127 cm³/mol. The summed E-state index contributed by atoms with van der Waals surface area (Å²) in [6.45, 7) is 15.1. The number of rotatable bonds is 14. The van der Waals surface area contributed by atoms with Gasteiger partial charge in [-0.25, -0.2) is 0 Å². The van der Waals surface area contributed by atoms with Gasteiger partial charge in [0.1, 0.15) is 5.69 Å². The molecule has 0 aliphatic heterocycles. The Labute approximate surface area is 187 Å². The summed E-state index contributed by atoms with van der Waals surface area (Å²) >= 11 is 0. The van der Waals surface area contributed by atoms with Gasteiger partial charge in [-0.3, -0.25) is 4.90 Å². The predicted octanol–water partition coefficient (Wildman–Crippen LogP) is 4.60. The van der Waals surface area contributed by atoms with Crippen LogP contribution in [0.4, 0.5) is 5.88 Å². The van der Waals surface area contributed by atoms with Crippen LogP contribution in [0.1, 0.15) is 39.7 Å². The van der Waals surface area contributed by atoms with Crippen molar-refractivity contribution in [3.63, 3.8) is 0 Å². The Morgan fingerprint density at radius 3 is 2.52 bits per heavy atom. The van der Waals surface area contributed by atoms with Gasteiger partial charge in [0.2, 0.25) is 5.88 Å². The fourth-order valence-electron chi connectivity index (χ4n) is 3.32. The van der Waals surface area contributed by atoms with Gasteiger partial charge in [0.05, 0.1) is 24.9 Å². The van der Waals surface area contributed by atoms with E-state index in [9.17, 15) is 5.11 Å². The van der Waals surface area contributed by atoms with Crippen molar-refractivity contribution in [2.75, 3.05) is 38.3 Å². The Morgan fingerprint density at radius 2 is 1.90 bits per heavy atom. The topological polar surface area (TPSA) is 62.0 Å². The quantitative estimate of drug-likeness (QED) is 0.350. The lowest BCUT2D eigenvalue weighted by Gasteiger charge is -2.27. The first-order chi connectivity index (χ1) is 14.8. The molecule has 0 aliphatic carbocycles. The van der Waals surface area contributed by atoms with E-state index in [-0.39, 0.29) is 12.6 Å². The molecule has 1 N–H and O–H groups in total. The standard InChI is InChI=1S/C25H39N3O3/c1-7-15-30-18-22(29)16-28(14-13-19(2)3)17-23-24(21-11-9-8-10-12-21)26-31-25(23)27(6)20(4)5/h7-12,19-20,22,29H,1,13-18H2,2-6H3/t22-/m0/s1. The zero-order chi connectivity index (χ0) is 22.8. The third kappa shape index (κ3) is 7.80. The number of ether oxygens (including phenoxy) is 1. The maximum Gasteiger partial charge on any atom is 0.232 e. The molecular weight excluding hydrogens is 390 g/mol. The number of aliphatic hydroxyl groups is 1. The molecule has 6 nitrogen and oxygen atoms in total. The van der Waals surface area contributed by atoms with Crippen molar-refractivity contribution in [2.45, 2.75) is 52.8 Å². The molecule has 0 saturated carbocycles. The lowest BCUT2D eigenvalue weighted by molar-refractivity contribution is 0.0237. The molecule has 6 heteroatoms. The maximum atomic E-state index is 10.5. The highest BCUT2D eigenvalue weighted by atomic mass is 16.5. The third-order valence-electron chi connectivity index (χ3n) is 5.33. The molecule has 1 heterocycles. The minimum absolute atomic E-state index is 0.275. The van der Waals surface area contributed by atoms with Gasteiger partial charge < -0.3 is 19.3 Å². The molecule has 0 bridgehead atoms. The molecule has 0 saturated heterocycles. The van der Waals surface area contributed by atoms with Gasteiger partial charge in [-0.15, -0.1) is 6.58 Å². The van der Waals surface area contributed by atoms with E-state index in [1.165, 1.54) is 0 Å². The van der Waals surface area contributed by atoms with Gasteiger partial charge in [0, 0.05) is 31.7 Å². The van der Waals surface area contributed by atoms with Crippen LogP contribution in [0.25, 0.3) is 11.3 Å². The Hall–Kier alpha value is -2.15. The van der Waals surface area contributed by atoms with Gasteiger partial charge >= 0.3 is 0 Å². The van der Waals surface area contributed by atoms with Crippen molar-refractivity contribution in [1.82, 2.24) is 10.1 Å². The molecule has 31 heavy (non-hydrogen) atoms. The Bertz CT molecular complexity index is 774. The molecule has 0 aliphatic rings. The number of aromatic nitrogens is 1. The summed E-state index contributed by atoms with van der Waals surface area (Å²) in [6, 6.07) is 10.4. The van der Waals surface area contributed by atoms with Gasteiger partial charge in [-0.1, -0.05) is 55.4 Å². The van der Waals surface area contributed by atoms with Crippen molar-refractivity contribution >= 4 is 5.88 Å². The summed E-state index contributed by atoms with van der Waals surface area (Å²) in [6.07, 6.45) is 2.17. The fraction of sp³-hybridized carbons (Fsp3) is 0.560. The van der Waals surface area contributed by atoms with E-state index in [0.717, 1.165) is 35.7 Å². The molecular formula is C25H39N3O3. The number of aliphatic hydroxyl groups excluding tert-OH is 1. The summed E-state index contributed by atoms with van der Waals surface area (Å²) < 4.78 is 11.3. The second-order valence-electron chi connectivity index (χ2n) is 8.78. The minimum atomic E-state index is -0.571. The van der Waals surface area contributed by atoms with Gasteiger partial charge in [0.15, 0.2) is 0 Å². The Balaban J connectivity index is 2.31. The van der Waals surface area contributed by atoms with Gasteiger partial charge in [-0.05, 0) is 32.7 Å². The van der Waals surface area contributed by atoms with Crippen LogP contribution < -0.4 is 4.90 Å². The molecule has 0 spiro atoms. The monoisotopic (exact) mass is 429 g/mol. The summed E-state index contributed by atoms with van der Waals surface area (Å²) in [5.41, 5.74) is 2.93. The number of hydrogen-bond acceptors (Lipinski definition) is 6. The molecule has 0 amide bonds. The van der Waals surface area contributed by atoms with E-state index in [1.807, 2.05) is 25.2 Å². The summed E-state index contributed by atoms with van der Waals surface area (Å²) in [5, 5.41) is 15.0. The molecule has 1 aromatic carbocycles. The third-order valence-corrected chi connectivity index (χ3v) is 5.33. The largest absolute Gasteiger partial charge is 0.389 e. The van der Waals surface area contributed by atoms with Crippen LogP contribution in [0.3, 0.4) is 0 Å². The smallest absolute Gasteiger partial charge is 0.232 e. The van der Waals surface area contributed by atoms with Crippen LogP contribution in [-0.4, -0.2) is 60.7 Å². The molecule has 1 atom stereocenters. The molecule has 0 unspecified atom stereocenters. The van der Waals surface area contributed by atoms with Gasteiger partial charge in [0.25, 0.3) is 0 Å². The van der Waals surface area contributed by atoms with Crippen molar-refractivity contribution < 1.29 is 14.4 Å². The average molecular weight is 430 g/mol. The Kier molecular flexibility index (Phi) is 10.2. The number of anilines is 1. The number of nitrogens with zero attached hydrogens (tertiary/aromatic N) is 3. The Morgan fingerprint density at radius 1 is 1.19 bits per heavy atom. The molecule has 2 rings (SSSR count). The SMILES string of the molecule is C=CCOC[C@@H](O)CN(CCC(C)C)Cc1c(-c2ccccc2)noc1N(C)C(C)C. The van der Waals surface area contributed by atoms with E-state index in [4.69, 9.17) is 9.26 Å². The van der Waals surface area contributed by atoms with Crippen molar-refractivity contribution in [3.8, 4) is 11.3 Å². The zero-order valence-electron chi connectivity index (χ0n) is 19.8. The van der Waals surface area contributed by atoms with E-state index in [0.29, 0.717) is 25.6 Å². The van der Waals surface area contributed by atoms with Crippen LogP contribution >= 0.6 is 0 Å². The minimum Gasteiger partial charge on any atom is -0.389 e. The van der Waals surface area contributed by atoms with Crippen molar-refractivity contribution in [2.24, 2.45) is 5.92 Å². The summed E-state index contributed by atoms with van der Waals surface area (Å²) in [5.74, 6) is 1.35. The highest BCUT2D eigenvalue weighted by Crippen LogP contribution is 2.33. The number of benzene rings is 1. The van der Waals surface area contributed by atoms with E-state index >= 15 is 0 Å². The van der Waals surface area contributed by atoms with Gasteiger partial charge in [-0.2, -0.15) is 0 Å². The van der Waals surface area contributed by atoms with Crippen LogP contribution in [0.2, 0.25) is 0 Å². The average Bonchev–Trinajstić information content (AvgIpc) is 3.15. The van der Waals surface area contributed by atoms with Crippen molar-refractivity contribution in [1.29, 1.82) is 0 Å². The second kappa shape index (κ2) is 12.6. The van der Waals surface area contributed by atoms with Crippen LogP contribution in [0.15, 0.2) is 47.5 Å². The van der Waals surface area contributed by atoms with Crippen LogP contribution in [0, 0.1) is 5.92 Å². The second-order valence-corrected chi connectivity index (χ2v) is 8.78. The summed E-state index contributed by atoms with van der Waals surface area (Å²) in [7, 11) is 2.03. The molecule has 1 aromatic heterocycles. The van der Waals surface area contributed by atoms with Crippen LogP contribution in [0.5, 0.6) is 0 Å². The van der Waals surface area contributed by atoms with E-state index < -0.39 is 6.10 Å². The highest BCUT2D eigenvalue weighted by molar-refractivity contribution is 5.68. The first-order valence-corrected chi connectivity index (χ1v) is 11.2. The van der Waals surface area contributed by atoms with E-state index in [2.05, 4.69) is 61.4 Å². The molecule has 2 aromatic rings. The van der Waals surface area contributed by atoms with Crippen molar-refractivity contribution in [3.05, 3.63) is 48.6 Å². The van der Waals surface area contributed by atoms with Crippen LogP contribution in [-0.2, 0) is 11.3 Å². The molecule has 0 fully saturated rings. The normalized spacial score (nSPS) is 12.7. The fourth-order valence-corrected chi connectivity index (χ4v) is 3.32. The highest BCUT2D eigenvalue weighted by Gasteiger charge is 2.25.